The highest BCUT2D eigenvalue weighted by Crippen LogP contribution is 2.25. The second-order valence-corrected chi connectivity index (χ2v) is 4.98. The summed E-state index contributed by atoms with van der Waals surface area (Å²) < 4.78 is 13.7. The molecule has 0 heterocycles. The summed E-state index contributed by atoms with van der Waals surface area (Å²) in [7, 11) is 1.95. The van der Waals surface area contributed by atoms with Crippen LogP contribution in [0, 0.1) is 12.7 Å². The Morgan fingerprint density at radius 2 is 1.79 bits per heavy atom. The lowest BCUT2D eigenvalue weighted by Gasteiger charge is -2.22. The van der Waals surface area contributed by atoms with E-state index < -0.39 is 0 Å². The molecule has 2 aromatic carbocycles. The number of hydrogen-bond acceptors (Lipinski definition) is 1. The SMILES string of the molecule is Cc1ccc(CN(C)c2cccc(F)c2CCl)cc1. The van der Waals surface area contributed by atoms with Gasteiger partial charge in [-0.15, -0.1) is 11.6 Å². The molecule has 0 unspecified atom stereocenters. The number of hydrogen-bond donors (Lipinski definition) is 0. The molecule has 19 heavy (non-hydrogen) atoms. The average Bonchev–Trinajstić information content (AvgIpc) is 2.41. The molecule has 0 aliphatic heterocycles. The molecule has 0 aliphatic rings. The third kappa shape index (κ3) is 3.27. The molecule has 2 aromatic rings. The van der Waals surface area contributed by atoms with Crippen molar-refractivity contribution >= 4 is 17.3 Å². The summed E-state index contributed by atoms with van der Waals surface area (Å²) in [6, 6.07) is 13.4. The van der Waals surface area contributed by atoms with Gasteiger partial charge in [-0.1, -0.05) is 35.9 Å². The Balaban J connectivity index is 2.22. The van der Waals surface area contributed by atoms with Crippen LogP contribution < -0.4 is 4.90 Å². The Bertz CT molecular complexity index is 551. The van der Waals surface area contributed by atoms with Gasteiger partial charge in [-0.2, -0.15) is 0 Å². The first-order valence-corrected chi connectivity index (χ1v) is 6.75. The van der Waals surface area contributed by atoms with Gasteiger partial charge in [-0.05, 0) is 24.6 Å². The summed E-state index contributed by atoms with van der Waals surface area (Å²) in [4.78, 5) is 2.02. The maximum Gasteiger partial charge on any atom is 0.129 e. The molecular weight excluding hydrogens is 261 g/mol. The second kappa shape index (κ2) is 6.07. The Labute approximate surface area is 118 Å². The molecule has 0 aromatic heterocycles. The fourth-order valence-corrected chi connectivity index (χ4v) is 2.35. The molecular formula is C16H17ClFN. The highest BCUT2D eigenvalue weighted by atomic mass is 35.5. The number of aryl methyl sites for hydroxylation is 1. The van der Waals surface area contributed by atoms with Gasteiger partial charge < -0.3 is 4.90 Å². The van der Waals surface area contributed by atoms with Crippen molar-refractivity contribution in [1.29, 1.82) is 0 Å². The fourth-order valence-electron chi connectivity index (χ4n) is 2.09. The minimum atomic E-state index is -0.247. The van der Waals surface area contributed by atoms with Crippen molar-refractivity contribution in [3.8, 4) is 0 Å². The van der Waals surface area contributed by atoms with Crippen LogP contribution >= 0.6 is 11.6 Å². The standard InChI is InChI=1S/C16H17ClFN/c1-12-6-8-13(9-7-12)11-19(2)16-5-3-4-15(18)14(16)10-17/h3-9H,10-11H2,1-2H3. The third-order valence-corrected chi connectivity index (χ3v) is 3.45. The van der Waals surface area contributed by atoms with Crippen LogP contribution in [-0.4, -0.2) is 7.05 Å². The van der Waals surface area contributed by atoms with Gasteiger partial charge in [-0.25, -0.2) is 4.39 Å². The lowest BCUT2D eigenvalue weighted by Crippen LogP contribution is -2.18. The van der Waals surface area contributed by atoms with Crippen molar-refractivity contribution in [2.24, 2.45) is 0 Å². The summed E-state index contributed by atoms with van der Waals surface area (Å²) >= 11 is 5.84. The van der Waals surface area contributed by atoms with Crippen molar-refractivity contribution < 1.29 is 4.39 Å². The lowest BCUT2D eigenvalue weighted by atomic mass is 10.1. The van der Waals surface area contributed by atoms with Gasteiger partial charge in [0.1, 0.15) is 5.82 Å². The lowest BCUT2D eigenvalue weighted by molar-refractivity contribution is 0.616. The molecule has 0 saturated heterocycles. The predicted molar refractivity (Wildman–Crippen MR) is 79.2 cm³/mol. The zero-order valence-electron chi connectivity index (χ0n) is 11.2. The van der Waals surface area contributed by atoms with Gasteiger partial charge in [0.05, 0.1) is 5.88 Å². The van der Waals surface area contributed by atoms with Crippen molar-refractivity contribution in [3.63, 3.8) is 0 Å². The molecule has 1 nitrogen and oxygen atoms in total. The third-order valence-electron chi connectivity index (χ3n) is 3.18. The smallest absolute Gasteiger partial charge is 0.129 e. The van der Waals surface area contributed by atoms with Crippen LogP contribution in [0.25, 0.3) is 0 Å². The van der Waals surface area contributed by atoms with Crippen LogP contribution in [0.2, 0.25) is 0 Å². The number of anilines is 1. The second-order valence-electron chi connectivity index (χ2n) is 4.71. The highest BCUT2D eigenvalue weighted by Gasteiger charge is 2.11. The molecule has 0 spiro atoms. The molecule has 0 amide bonds. The molecule has 0 radical (unpaired) electrons. The summed E-state index contributed by atoms with van der Waals surface area (Å²) in [5.41, 5.74) is 3.82. The summed E-state index contributed by atoms with van der Waals surface area (Å²) in [6.07, 6.45) is 0. The zero-order valence-corrected chi connectivity index (χ0v) is 11.9. The van der Waals surface area contributed by atoms with E-state index in [0.29, 0.717) is 5.56 Å². The first-order valence-electron chi connectivity index (χ1n) is 6.22. The minimum Gasteiger partial charge on any atom is -0.370 e. The fraction of sp³-hybridized carbons (Fsp3) is 0.250. The Kier molecular flexibility index (Phi) is 4.43. The Hall–Kier alpha value is -1.54. The van der Waals surface area contributed by atoms with Gasteiger partial charge >= 0.3 is 0 Å². The maximum absolute atomic E-state index is 13.7. The van der Waals surface area contributed by atoms with Crippen molar-refractivity contribution in [3.05, 3.63) is 65.0 Å². The molecule has 100 valence electrons. The van der Waals surface area contributed by atoms with Crippen LogP contribution in [0.3, 0.4) is 0 Å². The molecule has 0 saturated carbocycles. The largest absolute Gasteiger partial charge is 0.370 e. The van der Waals surface area contributed by atoms with Crippen LogP contribution in [-0.2, 0) is 12.4 Å². The topological polar surface area (TPSA) is 3.24 Å². The quantitative estimate of drug-likeness (QED) is 0.743. The van der Waals surface area contributed by atoms with Crippen molar-refractivity contribution in [1.82, 2.24) is 0 Å². The van der Waals surface area contributed by atoms with Crippen LogP contribution in [0.1, 0.15) is 16.7 Å². The molecule has 0 bridgehead atoms. The molecule has 2 rings (SSSR count). The first-order chi connectivity index (χ1) is 9.11. The molecule has 0 aliphatic carbocycles. The minimum absolute atomic E-state index is 0.181. The Morgan fingerprint density at radius 3 is 2.42 bits per heavy atom. The first kappa shape index (κ1) is 13.9. The molecule has 0 N–H and O–H groups in total. The highest BCUT2D eigenvalue weighted by molar-refractivity contribution is 6.17. The molecule has 0 atom stereocenters. The van der Waals surface area contributed by atoms with Gasteiger partial charge in [0.25, 0.3) is 0 Å². The van der Waals surface area contributed by atoms with E-state index in [1.165, 1.54) is 17.2 Å². The number of halogens is 2. The number of alkyl halides is 1. The number of nitrogens with zero attached hydrogens (tertiary/aromatic N) is 1. The van der Waals surface area contributed by atoms with Gasteiger partial charge in [0, 0.05) is 24.8 Å². The van der Waals surface area contributed by atoms with Crippen LogP contribution in [0.5, 0.6) is 0 Å². The van der Waals surface area contributed by atoms with E-state index in [1.807, 2.05) is 18.0 Å². The van der Waals surface area contributed by atoms with Crippen molar-refractivity contribution in [2.45, 2.75) is 19.3 Å². The van der Waals surface area contributed by atoms with Crippen LogP contribution in [0.15, 0.2) is 42.5 Å². The molecule has 3 heteroatoms. The zero-order chi connectivity index (χ0) is 13.8. The van der Waals surface area contributed by atoms with Gasteiger partial charge in [0.2, 0.25) is 0 Å². The van der Waals surface area contributed by atoms with Gasteiger partial charge in [-0.3, -0.25) is 0 Å². The van der Waals surface area contributed by atoms with E-state index >= 15 is 0 Å². The monoisotopic (exact) mass is 277 g/mol. The van der Waals surface area contributed by atoms with E-state index in [1.54, 1.807) is 6.07 Å². The predicted octanol–water partition coefficient (Wildman–Crippen LogP) is 4.51. The summed E-state index contributed by atoms with van der Waals surface area (Å²) in [5.74, 6) is -0.0662. The summed E-state index contributed by atoms with van der Waals surface area (Å²) in [5, 5.41) is 0. The van der Waals surface area contributed by atoms with E-state index in [-0.39, 0.29) is 11.7 Å². The number of rotatable bonds is 4. The van der Waals surface area contributed by atoms with Crippen LogP contribution in [0.4, 0.5) is 10.1 Å². The van der Waals surface area contributed by atoms with E-state index in [0.717, 1.165) is 12.2 Å². The van der Waals surface area contributed by atoms with E-state index in [2.05, 4.69) is 31.2 Å². The maximum atomic E-state index is 13.7. The summed E-state index contributed by atoms with van der Waals surface area (Å²) in [6.45, 7) is 2.79. The van der Waals surface area contributed by atoms with E-state index in [9.17, 15) is 4.39 Å². The normalized spacial score (nSPS) is 10.5. The van der Waals surface area contributed by atoms with Crippen molar-refractivity contribution in [2.75, 3.05) is 11.9 Å². The van der Waals surface area contributed by atoms with E-state index in [4.69, 9.17) is 11.6 Å². The van der Waals surface area contributed by atoms with Gasteiger partial charge in [0.15, 0.2) is 0 Å². The Morgan fingerprint density at radius 1 is 1.11 bits per heavy atom. The average molecular weight is 278 g/mol. The number of benzene rings is 2. The molecule has 0 fully saturated rings.